The van der Waals surface area contributed by atoms with E-state index in [0.29, 0.717) is 11.8 Å². The Morgan fingerprint density at radius 1 is 0.737 bits per heavy atom. The van der Waals surface area contributed by atoms with E-state index in [9.17, 15) is 0 Å². The van der Waals surface area contributed by atoms with E-state index >= 15 is 0 Å². The highest BCUT2D eigenvalue weighted by Gasteiger charge is 2.12. The number of fused-ring (bicyclic) bond motifs is 2. The number of benzene rings is 3. The molecule has 0 nitrogen and oxygen atoms in total. The largest absolute Gasteiger partial charge is 0.122 e. The summed E-state index contributed by atoms with van der Waals surface area (Å²) >= 11 is 12.4. The molecule has 0 heterocycles. The van der Waals surface area contributed by atoms with Crippen molar-refractivity contribution in [2.75, 3.05) is 0 Å². The van der Waals surface area contributed by atoms with E-state index in [4.69, 9.17) is 23.2 Å². The monoisotopic (exact) mass is 288 g/mol. The smallest absolute Gasteiger partial charge is 0.0486 e. The summed E-state index contributed by atoms with van der Waals surface area (Å²) in [4.78, 5) is 0. The lowest BCUT2D eigenvalue weighted by Crippen LogP contribution is -1.93. The van der Waals surface area contributed by atoms with E-state index in [0.717, 1.165) is 0 Å². The fourth-order valence-electron chi connectivity index (χ4n) is 2.76. The molecule has 0 amide bonds. The zero-order chi connectivity index (χ0) is 13.4. The first-order valence-electron chi connectivity index (χ1n) is 6.31. The van der Waals surface area contributed by atoms with Crippen molar-refractivity contribution in [2.45, 2.75) is 18.7 Å². The molecule has 0 spiro atoms. The Morgan fingerprint density at radius 3 is 1.84 bits per heavy atom. The second-order valence-corrected chi connectivity index (χ2v) is 5.35. The Labute approximate surface area is 122 Å². The molecule has 0 saturated carbocycles. The standard InChI is InChI=1S/C17H14Cl2/c1-11-6-7-14-15(8-11)17(10-19)13-5-3-2-4-12(13)16(14)9-18/h2-8H,9-10H2,1H3. The Kier molecular flexibility index (Phi) is 3.38. The first-order valence-corrected chi connectivity index (χ1v) is 7.38. The number of halogens is 2. The maximum absolute atomic E-state index is 6.20. The van der Waals surface area contributed by atoms with E-state index in [1.54, 1.807) is 0 Å². The van der Waals surface area contributed by atoms with Crippen molar-refractivity contribution in [3.05, 3.63) is 59.2 Å². The van der Waals surface area contributed by atoms with Crippen molar-refractivity contribution >= 4 is 44.7 Å². The van der Waals surface area contributed by atoms with Crippen LogP contribution in [-0.2, 0) is 11.8 Å². The van der Waals surface area contributed by atoms with Crippen LogP contribution in [0.3, 0.4) is 0 Å². The second kappa shape index (κ2) is 5.03. The SMILES string of the molecule is Cc1ccc2c(CCl)c3ccccc3c(CCl)c2c1. The van der Waals surface area contributed by atoms with Crippen LogP contribution in [-0.4, -0.2) is 0 Å². The Balaban J connectivity index is 2.60. The predicted octanol–water partition coefficient (Wildman–Crippen LogP) is 5.78. The average molecular weight is 289 g/mol. The minimum absolute atomic E-state index is 0.517. The van der Waals surface area contributed by atoms with Crippen LogP contribution >= 0.6 is 23.2 Å². The molecule has 0 aliphatic heterocycles. The number of rotatable bonds is 2. The van der Waals surface area contributed by atoms with Gasteiger partial charge in [-0.2, -0.15) is 0 Å². The molecule has 0 radical (unpaired) electrons. The zero-order valence-electron chi connectivity index (χ0n) is 10.7. The van der Waals surface area contributed by atoms with Gasteiger partial charge in [0, 0.05) is 11.8 Å². The van der Waals surface area contributed by atoms with Gasteiger partial charge < -0.3 is 0 Å². The molecular weight excluding hydrogens is 275 g/mol. The first kappa shape index (κ1) is 12.8. The van der Waals surface area contributed by atoms with Crippen molar-refractivity contribution in [1.82, 2.24) is 0 Å². The molecule has 0 bridgehead atoms. The number of hydrogen-bond acceptors (Lipinski definition) is 0. The molecule has 3 aromatic rings. The predicted molar refractivity (Wildman–Crippen MR) is 85.3 cm³/mol. The molecule has 0 aliphatic carbocycles. The summed E-state index contributed by atoms with van der Waals surface area (Å²) in [5, 5.41) is 4.87. The molecule has 3 aromatic carbocycles. The first-order chi connectivity index (χ1) is 9.26. The molecule has 96 valence electrons. The normalized spacial score (nSPS) is 11.3. The molecule has 19 heavy (non-hydrogen) atoms. The van der Waals surface area contributed by atoms with Gasteiger partial charge in [-0.05, 0) is 39.6 Å². The second-order valence-electron chi connectivity index (χ2n) is 4.82. The average Bonchev–Trinajstić information content (AvgIpc) is 2.44. The summed E-state index contributed by atoms with van der Waals surface area (Å²) in [6.45, 7) is 2.10. The molecule has 2 heteroatoms. The Morgan fingerprint density at radius 2 is 1.26 bits per heavy atom. The highest BCUT2D eigenvalue weighted by molar-refractivity contribution is 6.22. The van der Waals surface area contributed by atoms with Crippen molar-refractivity contribution in [3.63, 3.8) is 0 Å². The third-order valence-corrected chi connectivity index (χ3v) is 4.20. The van der Waals surface area contributed by atoms with Gasteiger partial charge in [-0.25, -0.2) is 0 Å². The van der Waals surface area contributed by atoms with Gasteiger partial charge in [0.05, 0.1) is 0 Å². The highest BCUT2D eigenvalue weighted by Crippen LogP contribution is 2.35. The highest BCUT2D eigenvalue weighted by atomic mass is 35.5. The number of alkyl halides is 2. The van der Waals surface area contributed by atoms with E-state index in [-0.39, 0.29) is 0 Å². The van der Waals surface area contributed by atoms with Gasteiger partial charge in [-0.15, -0.1) is 23.2 Å². The topological polar surface area (TPSA) is 0 Å². The van der Waals surface area contributed by atoms with Gasteiger partial charge >= 0.3 is 0 Å². The lowest BCUT2D eigenvalue weighted by Gasteiger charge is -2.14. The van der Waals surface area contributed by atoms with Gasteiger partial charge in [0.1, 0.15) is 0 Å². The summed E-state index contributed by atoms with van der Waals surface area (Å²) in [6.07, 6.45) is 0. The van der Waals surface area contributed by atoms with Gasteiger partial charge in [0.2, 0.25) is 0 Å². The summed E-state index contributed by atoms with van der Waals surface area (Å²) in [5.41, 5.74) is 3.64. The molecule has 0 N–H and O–H groups in total. The van der Waals surface area contributed by atoms with Crippen molar-refractivity contribution in [1.29, 1.82) is 0 Å². The third-order valence-electron chi connectivity index (χ3n) is 3.67. The molecule has 0 saturated heterocycles. The minimum atomic E-state index is 0.517. The lowest BCUT2D eigenvalue weighted by atomic mass is 9.92. The lowest BCUT2D eigenvalue weighted by molar-refractivity contribution is 1.42. The molecule has 0 aliphatic rings. The molecular formula is C17H14Cl2. The fraction of sp³-hybridized carbons (Fsp3) is 0.176. The zero-order valence-corrected chi connectivity index (χ0v) is 12.2. The van der Waals surface area contributed by atoms with Gasteiger partial charge in [-0.1, -0.05) is 48.0 Å². The van der Waals surface area contributed by atoms with Crippen LogP contribution in [0.5, 0.6) is 0 Å². The Hall–Kier alpha value is -1.24. The van der Waals surface area contributed by atoms with Crippen LogP contribution in [0.4, 0.5) is 0 Å². The molecule has 0 fully saturated rings. The van der Waals surface area contributed by atoms with E-state index < -0.39 is 0 Å². The van der Waals surface area contributed by atoms with Crippen LogP contribution in [0.25, 0.3) is 21.5 Å². The van der Waals surface area contributed by atoms with Crippen molar-refractivity contribution in [2.24, 2.45) is 0 Å². The minimum Gasteiger partial charge on any atom is -0.122 e. The van der Waals surface area contributed by atoms with E-state index in [1.165, 1.54) is 38.2 Å². The molecule has 0 aromatic heterocycles. The van der Waals surface area contributed by atoms with Crippen molar-refractivity contribution < 1.29 is 0 Å². The number of hydrogen-bond donors (Lipinski definition) is 0. The Bertz CT molecular complexity index is 760. The van der Waals surface area contributed by atoms with E-state index in [2.05, 4.69) is 49.4 Å². The van der Waals surface area contributed by atoms with Gasteiger partial charge in [0.15, 0.2) is 0 Å². The van der Waals surface area contributed by atoms with Gasteiger partial charge in [-0.3, -0.25) is 0 Å². The van der Waals surface area contributed by atoms with Crippen molar-refractivity contribution in [3.8, 4) is 0 Å². The van der Waals surface area contributed by atoms with Crippen LogP contribution in [0.15, 0.2) is 42.5 Å². The summed E-state index contributed by atoms with van der Waals surface area (Å²) in [5.74, 6) is 1.03. The van der Waals surface area contributed by atoms with E-state index in [1.807, 2.05) is 0 Å². The molecule has 0 unspecified atom stereocenters. The maximum Gasteiger partial charge on any atom is 0.0486 e. The summed E-state index contributed by atoms with van der Waals surface area (Å²) < 4.78 is 0. The maximum atomic E-state index is 6.20. The van der Waals surface area contributed by atoms with Crippen LogP contribution in [0, 0.1) is 6.92 Å². The van der Waals surface area contributed by atoms with Crippen LogP contribution in [0.1, 0.15) is 16.7 Å². The van der Waals surface area contributed by atoms with Gasteiger partial charge in [0.25, 0.3) is 0 Å². The number of aryl methyl sites for hydroxylation is 1. The fourth-order valence-corrected chi connectivity index (χ4v) is 3.33. The van der Waals surface area contributed by atoms with Crippen LogP contribution in [0.2, 0.25) is 0 Å². The molecule has 0 atom stereocenters. The quantitative estimate of drug-likeness (QED) is 0.414. The summed E-state index contributed by atoms with van der Waals surface area (Å²) in [6, 6.07) is 14.9. The summed E-state index contributed by atoms with van der Waals surface area (Å²) in [7, 11) is 0. The third kappa shape index (κ3) is 2.00. The van der Waals surface area contributed by atoms with Crippen LogP contribution < -0.4 is 0 Å². The molecule has 3 rings (SSSR count).